The van der Waals surface area contributed by atoms with Gasteiger partial charge in [0.2, 0.25) is 0 Å². The summed E-state index contributed by atoms with van der Waals surface area (Å²) >= 11 is 1.65. The highest BCUT2D eigenvalue weighted by atomic mass is 32.1. The Morgan fingerprint density at radius 2 is 2.30 bits per heavy atom. The van der Waals surface area contributed by atoms with Gasteiger partial charge < -0.3 is 5.11 Å². The van der Waals surface area contributed by atoms with Gasteiger partial charge >= 0.3 is 0 Å². The van der Waals surface area contributed by atoms with Crippen molar-refractivity contribution in [2.75, 3.05) is 0 Å². The van der Waals surface area contributed by atoms with Crippen molar-refractivity contribution >= 4 is 16.3 Å². The molecule has 0 aromatic carbocycles. The Hall–Kier alpha value is -0.870. The fraction of sp³-hybridized carbons (Fsp3) is 0.688. The molecule has 2 heterocycles. The lowest BCUT2D eigenvalue weighted by Gasteiger charge is -2.44. The Bertz CT molecular complexity index is 560. The molecule has 1 aliphatic carbocycles. The number of nitrogens with zero attached hydrogens (tertiary/aromatic N) is 2. The maximum Gasteiger partial charge on any atom is 0.193 e. The van der Waals surface area contributed by atoms with Gasteiger partial charge in [-0.15, -0.1) is 11.3 Å². The van der Waals surface area contributed by atoms with Crippen molar-refractivity contribution in [3.8, 4) is 0 Å². The van der Waals surface area contributed by atoms with Crippen LogP contribution in [0, 0.1) is 17.8 Å². The number of hydrogen-bond donors (Lipinski definition) is 1. The van der Waals surface area contributed by atoms with Crippen LogP contribution in [0.25, 0.3) is 4.96 Å². The number of imidazole rings is 1. The molecule has 0 amide bonds. The van der Waals surface area contributed by atoms with E-state index in [9.17, 15) is 5.11 Å². The van der Waals surface area contributed by atoms with Crippen LogP contribution in [0.4, 0.5) is 0 Å². The molecule has 0 aliphatic heterocycles. The molecule has 1 fully saturated rings. The molecule has 0 spiro atoms. The molecular weight excluding hydrogens is 268 g/mol. The van der Waals surface area contributed by atoms with Gasteiger partial charge in [-0.05, 0) is 30.6 Å². The van der Waals surface area contributed by atoms with Gasteiger partial charge in [0.1, 0.15) is 0 Å². The second kappa shape index (κ2) is 5.15. The maximum absolute atomic E-state index is 11.2. The molecule has 4 heteroatoms. The van der Waals surface area contributed by atoms with Gasteiger partial charge in [-0.1, -0.05) is 27.2 Å². The first-order valence-electron chi connectivity index (χ1n) is 7.61. The zero-order chi connectivity index (χ0) is 14.3. The van der Waals surface area contributed by atoms with Crippen molar-refractivity contribution < 1.29 is 5.11 Å². The highest BCUT2D eigenvalue weighted by Crippen LogP contribution is 2.42. The summed E-state index contributed by atoms with van der Waals surface area (Å²) < 4.78 is 2.06. The normalized spacial score (nSPS) is 31.2. The zero-order valence-corrected chi connectivity index (χ0v) is 13.4. The van der Waals surface area contributed by atoms with Crippen LogP contribution >= 0.6 is 11.3 Å². The van der Waals surface area contributed by atoms with E-state index in [0.29, 0.717) is 24.2 Å². The summed E-state index contributed by atoms with van der Waals surface area (Å²) in [6, 6.07) is 0. The summed E-state index contributed by atoms with van der Waals surface area (Å²) in [6.45, 7) is 6.72. The van der Waals surface area contributed by atoms with E-state index >= 15 is 0 Å². The molecule has 3 atom stereocenters. The fourth-order valence-electron chi connectivity index (χ4n) is 3.92. The van der Waals surface area contributed by atoms with Crippen LogP contribution < -0.4 is 0 Å². The number of aromatic nitrogens is 2. The Labute approximate surface area is 124 Å². The molecule has 1 saturated carbocycles. The molecule has 0 radical (unpaired) electrons. The molecule has 3 unspecified atom stereocenters. The lowest BCUT2D eigenvalue weighted by molar-refractivity contribution is -0.0800. The van der Waals surface area contributed by atoms with Crippen molar-refractivity contribution in [2.24, 2.45) is 17.8 Å². The third kappa shape index (κ3) is 2.51. The van der Waals surface area contributed by atoms with Crippen LogP contribution in [0.1, 0.15) is 45.7 Å². The summed E-state index contributed by atoms with van der Waals surface area (Å²) in [4.78, 5) is 5.67. The van der Waals surface area contributed by atoms with Crippen molar-refractivity contribution in [3.63, 3.8) is 0 Å². The summed E-state index contributed by atoms with van der Waals surface area (Å²) in [6.07, 6.45) is 8.07. The molecular formula is C16H24N2OS. The summed E-state index contributed by atoms with van der Waals surface area (Å²) in [5.41, 5.74) is 0.440. The lowest BCUT2D eigenvalue weighted by atomic mass is 9.65. The van der Waals surface area contributed by atoms with Gasteiger partial charge in [0.15, 0.2) is 4.96 Å². The van der Waals surface area contributed by atoms with Crippen LogP contribution in [-0.4, -0.2) is 20.1 Å². The molecule has 3 nitrogen and oxygen atoms in total. The molecule has 0 bridgehead atoms. The minimum Gasteiger partial charge on any atom is -0.389 e. The fourth-order valence-corrected chi connectivity index (χ4v) is 4.64. The highest BCUT2D eigenvalue weighted by molar-refractivity contribution is 7.15. The predicted octanol–water partition coefficient (Wildman–Crippen LogP) is 3.76. The van der Waals surface area contributed by atoms with Crippen molar-refractivity contribution in [2.45, 2.75) is 52.1 Å². The third-order valence-corrected chi connectivity index (χ3v) is 5.57. The van der Waals surface area contributed by atoms with E-state index < -0.39 is 5.60 Å². The highest BCUT2D eigenvalue weighted by Gasteiger charge is 2.43. The zero-order valence-electron chi connectivity index (χ0n) is 12.5. The molecule has 1 aliphatic rings. The van der Waals surface area contributed by atoms with Crippen molar-refractivity contribution in [1.29, 1.82) is 0 Å². The maximum atomic E-state index is 11.2. The molecule has 110 valence electrons. The molecule has 20 heavy (non-hydrogen) atoms. The number of rotatable bonds is 3. The van der Waals surface area contributed by atoms with Crippen LogP contribution in [0.2, 0.25) is 0 Å². The molecule has 2 aromatic heterocycles. The van der Waals surface area contributed by atoms with Gasteiger partial charge in [0.05, 0.1) is 11.3 Å². The van der Waals surface area contributed by atoms with Gasteiger partial charge in [0, 0.05) is 24.2 Å². The Balaban J connectivity index is 1.86. The van der Waals surface area contributed by atoms with Crippen molar-refractivity contribution in [3.05, 3.63) is 23.5 Å². The van der Waals surface area contributed by atoms with Gasteiger partial charge in [-0.3, -0.25) is 4.40 Å². The lowest BCUT2D eigenvalue weighted by Crippen LogP contribution is -2.47. The standard InChI is InChI=1S/C16H24N2OS/c1-11(2)14-5-4-12(3)8-16(14,19)9-13-10-18-6-7-20-15(18)17-13/h6-7,10-12,14,19H,4-5,8-9H2,1-3H3. The van der Waals surface area contributed by atoms with E-state index in [1.165, 1.54) is 6.42 Å². The van der Waals surface area contributed by atoms with Gasteiger partial charge in [-0.2, -0.15) is 0 Å². The largest absolute Gasteiger partial charge is 0.389 e. The first-order chi connectivity index (χ1) is 9.48. The first kappa shape index (κ1) is 14.1. The van der Waals surface area contributed by atoms with E-state index in [2.05, 4.69) is 36.4 Å². The third-order valence-electron chi connectivity index (χ3n) is 4.80. The van der Waals surface area contributed by atoms with Gasteiger partial charge in [-0.25, -0.2) is 4.98 Å². The average Bonchev–Trinajstić information content (AvgIpc) is 2.87. The molecule has 3 rings (SSSR count). The minimum atomic E-state index is -0.587. The Morgan fingerprint density at radius 3 is 3.00 bits per heavy atom. The monoisotopic (exact) mass is 292 g/mol. The minimum absolute atomic E-state index is 0.387. The summed E-state index contributed by atoms with van der Waals surface area (Å²) in [7, 11) is 0. The number of aliphatic hydroxyl groups is 1. The summed E-state index contributed by atoms with van der Waals surface area (Å²) in [5.74, 6) is 1.52. The quantitative estimate of drug-likeness (QED) is 0.935. The topological polar surface area (TPSA) is 37.5 Å². The van der Waals surface area contributed by atoms with E-state index in [1.807, 2.05) is 11.6 Å². The van der Waals surface area contributed by atoms with Crippen LogP contribution in [0.15, 0.2) is 17.8 Å². The molecule has 2 aromatic rings. The molecule has 0 saturated heterocycles. The van der Waals surface area contributed by atoms with E-state index in [1.54, 1.807) is 11.3 Å². The Morgan fingerprint density at radius 1 is 1.50 bits per heavy atom. The van der Waals surface area contributed by atoms with E-state index in [-0.39, 0.29) is 0 Å². The van der Waals surface area contributed by atoms with Gasteiger partial charge in [0.25, 0.3) is 0 Å². The number of fused-ring (bicyclic) bond motifs is 1. The predicted molar refractivity (Wildman–Crippen MR) is 83.1 cm³/mol. The first-order valence-corrected chi connectivity index (χ1v) is 8.49. The van der Waals surface area contributed by atoms with E-state index in [0.717, 1.165) is 23.5 Å². The van der Waals surface area contributed by atoms with Crippen molar-refractivity contribution in [1.82, 2.24) is 9.38 Å². The van der Waals surface area contributed by atoms with Crippen LogP contribution in [0.5, 0.6) is 0 Å². The SMILES string of the molecule is CC1CCC(C(C)C)C(O)(Cc2cn3ccsc3n2)C1. The second-order valence-corrected chi connectivity index (χ2v) is 7.72. The Kier molecular flexibility index (Phi) is 3.63. The average molecular weight is 292 g/mol. The van der Waals surface area contributed by atoms with Crippen LogP contribution in [-0.2, 0) is 6.42 Å². The summed E-state index contributed by atoms with van der Waals surface area (Å²) in [5, 5.41) is 13.3. The second-order valence-electron chi connectivity index (χ2n) is 6.84. The van der Waals surface area contributed by atoms with E-state index in [4.69, 9.17) is 0 Å². The number of thiazole rings is 1. The smallest absolute Gasteiger partial charge is 0.193 e. The molecule has 1 N–H and O–H groups in total. The number of hydrogen-bond acceptors (Lipinski definition) is 3. The van der Waals surface area contributed by atoms with Crippen LogP contribution in [0.3, 0.4) is 0 Å².